The van der Waals surface area contributed by atoms with Crippen molar-refractivity contribution in [2.75, 3.05) is 19.6 Å². The van der Waals surface area contributed by atoms with Crippen LogP contribution < -0.4 is 0 Å². The third-order valence-corrected chi connectivity index (χ3v) is 1.56. The number of hydrogen-bond donors (Lipinski definition) is 0. The Labute approximate surface area is 61.8 Å². The second-order valence-electron chi connectivity index (χ2n) is 2.32. The smallest absolute Gasteiger partial charge is 0.239 e. The molecule has 2 heteroatoms. The first-order chi connectivity index (χ1) is 4.86. The van der Waals surface area contributed by atoms with Crippen LogP contribution in [0.2, 0.25) is 0 Å². The molecule has 1 aliphatic heterocycles. The minimum absolute atomic E-state index is 0.935. The van der Waals surface area contributed by atoms with Gasteiger partial charge in [0.1, 0.15) is 19.6 Å². The van der Waals surface area contributed by atoms with Crippen LogP contribution in [0.1, 0.15) is 0 Å². The second-order valence-corrected chi connectivity index (χ2v) is 2.32. The summed E-state index contributed by atoms with van der Waals surface area (Å²) in [7, 11) is 0. The molecule has 0 radical (unpaired) electrons. The molecule has 0 aliphatic carbocycles. The van der Waals surface area contributed by atoms with Crippen molar-refractivity contribution in [3.8, 4) is 0 Å². The van der Waals surface area contributed by atoms with E-state index in [-0.39, 0.29) is 0 Å². The van der Waals surface area contributed by atoms with Crippen molar-refractivity contribution in [2.45, 2.75) is 0 Å². The van der Waals surface area contributed by atoms with Gasteiger partial charge >= 0.3 is 0 Å². The lowest BCUT2D eigenvalue weighted by atomic mass is 10.5. The van der Waals surface area contributed by atoms with E-state index in [1.165, 1.54) is 0 Å². The van der Waals surface area contributed by atoms with Gasteiger partial charge in [-0.3, -0.25) is 4.58 Å². The summed E-state index contributed by atoms with van der Waals surface area (Å²) in [5.41, 5.74) is 0. The van der Waals surface area contributed by atoms with Crippen LogP contribution in [0, 0.1) is 0 Å². The fourth-order valence-corrected chi connectivity index (χ4v) is 1.01. The van der Waals surface area contributed by atoms with Crippen molar-refractivity contribution >= 4 is 6.34 Å². The molecule has 0 aromatic heterocycles. The molecule has 1 heterocycles. The van der Waals surface area contributed by atoms with E-state index in [1.807, 2.05) is 12.3 Å². The lowest BCUT2D eigenvalue weighted by Crippen LogP contribution is -2.09. The average Bonchev–Trinajstić information content (AvgIpc) is 2.37. The first kappa shape index (κ1) is 7.06. The highest BCUT2D eigenvalue weighted by Crippen LogP contribution is 1.92. The maximum absolute atomic E-state index is 3.68. The molecule has 0 aromatic carbocycles. The summed E-state index contributed by atoms with van der Waals surface area (Å²) in [5.74, 6) is 0. The van der Waals surface area contributed by atoms with Gasteiger partial charge in [-0.1, -0.05) is 19.2 Å². The van der Waals surface area contributed by atoms with Crippen molar-refractivity contribution in [3.63, 3.8) is 0 Å². The highest BCUT2D eigenvalue weighted by molar-refractivity contribution is 5.51. The van der Waals surface area contributed by atoms with Crippen LogP contribution >= 0.6 is 0 Å². The Morgan fingerprint density at radius 2 is 2.40 bits per heavy atom. The van der Waals surface area contributed by atoms with Gasteiger partial charge in [0.2, 0.25) is 6.34 Å². The van der Waals surface area contributed by atoms with Gasteiger partial charge in [-0.2, -0.15) is 0 Å². The lowest BCUT2D eigenvalue weighted by molar-refractivity contribution is -0.503. The van der Waals surface area contributed by atoms with Crippen LogP contribution in [-0.2, 0) is 0 Å². The van der Waals surface area contributed by atoms with Gasteiger partial charge in [-0.25, -0.2) is 4.90 Å². The zero-order valence-corrected chi connectivity index (χ0v) is 6.16. The first-order valence-corrected chi connectivity index (χ1v) is 3.45. The van der Waals surface area contributed by atoms with Crippen molar-refractivity contribution in [1.82, 2.24) is 4.90 Å². The lowest BCUT2D eigenvalue weighted by Gasteiger charge is -1.92. The molecule has 1 aliphatic rings. The molecule has 1 rings (SSSR count). The summed E-state index contributed by atoms with van der Waals surface area (Å²) in [6.07, 6.45) is 5.81. The summed E-state index contributed by atoms with van der Waals surface area (Å²) in [6.45, 7) is 10.4. The van der Waals surface area contributed by atoms with Crippen LogP contribution in [0.5, 0.6) is 0 Å². The Hall–Kier alpha value is -1.05. The summed E-state index contributed by atoms with van der Waals surface area (Å²) < 4.78 is 2.20. The van der Waals surface area contributed by atoms with Crippen molar-refractivity contribution in [3.05, 3.63) is 25.4 Å². The standard InChI is InChI=1S/C8H13N2/c1-3-5-10-7-6-9(4-2)8-10/h3-4,8H,1-2,5-7H2/q+1. The van der Waals surface area contributed by atoms with Gasteiger partial charge in [0.05, 0.1) is 6.20 Å². The Kier molecular flexibility index (Phi) is 2.26. The van der Waals surface area contributed by atoms with Crippen LogP contribution in [0.3, 0.4) is 0 Å². The largest absolute Gasteiger partial charge is 0.260 e. The molecule has 0 saturated heterocycles. The predicted octanol–water partition coefficient (Wildman–Crippen LogP) is 0.672. The minimum atomic E-state index is 0.935. The molecule has 0 spiro atoms. The molecule has 2 nitrogen and oxygen atoms in total. The van der Waals surface area contributed by atoms with Gasteiger partial charge in [0, 0.05) is 0 Å². The molecule has 10 heavy (non-hydrogen) atoms. The zero-order chi connectivity index (χ0) is 7.40. The molecule has 0 amide bonds. The van der Waals surface area contributed by atoms with E-state index in [0.29, 0.717) is 0 Å². The number of rotatable bonds is 3. The average molecular weight is 137 g/mol. The molecular weight excluding hydrogens is 124 g/mol. The van der Waals surface area contributed by atoms with Crippen LogP contribution in [0.15, 0.2) is 25.4 Å². The monoisotopic (exact) mass is 137 g/mol. The van der Waals surface area contributed by atoms with E-state index >= 15 is 0 Å². The van der Waals surface area contributed by atoms with E-state index in [0.717, 1.165) is 19.6 Å². The number of hydrogen-bond acceptors (Lipinski definition) is 1. The van der Waals surface area contributed by atoms with E-state index < -0.39 is 0 Å². The van der Waals surface area contributed by atoms with E-state index in [1.54, 1.807) is 0 Å². The summed E-state index contributed by atoms with van der Waals surface area (Å²) in [5, 5.41) is 0. The van der Waals surface area contributed by atoms with E-state index in [2.05, 4.69) is 29.0 Å². The third-order valence-electron chi connectivity index (χ3n) is 1.56. The Morgan fingerprint density at radius 3 is 2.90 bits per heavy atom. The molecule has 0 atom stereocenters. The van der Waals surface area contributed by atoms with Gasteiger partial charge in [-0.05, 0) is 0 Å². The van der Waals surface area contributed by atoms with Gasteiger partial charge < -0.3 is 0 Å². The number of nitrogens with zero attached hydrogens (tertiary/aromatic N) is 2. The molecule has 0 unspecified atom stereocenters. The predicted molar refractivity (Wildman–Crippen MR) is 43.2 cm³/mol. The highest BCUT2D eigenvalue weighted by atomic mass is 15.2. The van der Waals surface area contributed by atoms with Gasteiger partial charge in [-0.15, -0.1) is 0 Å². The topological polar surface area (TPSA) is 6.25 Å². The third kappa shape index (κ3) is 1.47. The second kappa shape index (κ2) is 3.20. The summed E-state index contributed by atoms with van der Waals surface area (Å²) in [4.78, 5) is 2.07. The molecule has 0 bridgehead atoms. The fourth-order valence-electron chi connectivity index (χ4n) is 1.01. The quantitative estimate of drug-likeness (QED) is 0.409. The van der Waals surface area contributed by atoms with E-state index in [4.69, 9.17) is 0 Å². The van der Waals surface area contributed by atoms with Crippen LogP contribution in [-0.4, -0.2) is 35.4 Å². The van der Waals surface area contributed by atoms with Crippen molar-refractivity contribution in [1.29, 1.82) is 0 Å². The van der Waals surface area contributed by atoms with Crippen LogP contribution in [0.25, 0.3) is 0 Å². The molecular formula is C8H13N2+. The van der Waals surface area contributed by atoms with Gasteiger partial charge in [0.25, 0.3) is 0 Å². The van der Waals surface area contributed by atoms with Crippen LogP contribution in [0.4, 0.5) is 0 Å². The van der Waals surface area contributed by atoms with Crippen molar-refractivity contribution < 1.29 is 4.58 Å². The summed E-state index contributed by atoms with van der Waals surface area (Å²) >= 11 is 0. The molecule has 0 aromatic rings. The zero-order valence-electron chi connectivity index (χ0n) is 6.16. The first-order valence-electron chi connectivity index (χ1n) is 3.45. The molecule has 0 N–H and O–H groups in total. The van der Waals surface area contributed by atoms with Crippen molar-refractivity contribution in [2.24, 2.45) is 0 Å². The fraction of sp³-hybridized carbons (Fsp3) is 0.375. The van der Waals surface area contributed by atoms with E-state index in [9.17, 15) is 0 Å². The Bertz CT molecular complexity index is 170. The highest BCUT2D eigenvalue weighted by Gasteiger charge is 2.13. The minimum Gasteiger partial charge on any atom is -0.260 e. The maximum Gasteiger partial charge on any atom is 0.239 e. The molecule has 0 fully saturated rings. The maximum atomic E-state index is 3.68. The Balaban J connectivity index is 2.47. The SMILES string of the molecule is C=CC[N+]1=CN(C=C)CC1. The normalized spacial score (nSPS) is 16.8. The summed E-state index contributed by atoms with van der Waals surface area (Å²) in [6, 6.07) is 0. The molecule has 0 saturated carbocycles. The molecule has 54 valence electrons. The Morgan fingerprint density at radius 1 is 1.60 bits per heavy atom. The van der Waals surface area contributed by atoms with Gasteiger partial charge in [0.15, 0.2) is 0 Å².